The molecule has 0 unspecified atom stereocenters. The Morgan fingerprint density at radius 1 is 1.19 bits per heavy atom. The van der Waals surface area contributed by atoms with Crippen molar-refractivity contribution in [1.82, 2.24) is 15.4 Å². The number of nitrogens with zero attached hydrogens (tertiary/aromatic N) is 2. The van der Waals surface area contributed by atoms with Crippen LogP contribution in [0.2, 0.25) is 0 Å². The van der Waals surface area contributed by atoms with Gasteiger partial charge in [-0.3, -0.25) is 9.69 Å². The number of nitrogens with one attached hydrogen (secondary N) is 1. The Morgan fingerprint density at radius 2 is 2.00 bits per heavy atom. The molecule has 2 aliphatic heterocycles. The molecule has 0 aromatic carbocycles. The number of hydrogen-bond donors (Lipinski definition) is 1. The van der Waals surface area contributed by atoms with Crippen molar-refractivity contribution in [2.75, 3.05) is 32.8 Å². The highest BCUT2D eigenvalue weighted by atomic mass is 16.5. The SMILES string of the molecule is O=C(NCC1(N2CCCCC2)CCOCC1)c1cc(-c2ccco2)on1. The molecular weight excluding hydrogens is 334 g/mol. The molecule has 0 radical (unpaired) electrons. The summed E-state index contributed by atoms with van der Waals surface area (Å²) >= 11 is 0. The third-order valence-corrected chi connectivity index (χ3v) is 5.54. The summed E-state index contributed by atoms with van der Waals surface area (Å²) in [5.41, 5.74) is 0.263. The molecule has 1 N–H and O–H groups in total. The molecule has 4 heterocycles. The summed E-state index contributed by atoms with van der Waals surface area (Å²) in [6.45, 7) is 4.31. The summed E-state index contributed by atoms with van der Waals surface area (Å²) in [5.74, 6) is 0.803. The van der Waals surface area contributed by atoms with Crippen LogP contribution in [0.4, 0.5) is 0 Å². The van der Waals surface area contributed by atoms with Gasteiger partial charge in [-0.05, 0) is 50.9 Å². The van der Waals surface area contributed by atoms with Crippen molar-refractivity contribution >= 4 is 5.91 Å². The van der Waals surface area contributed by atoms with Gasteiger partial charge >= 0.3 is 0 Å². The van der Waals surface area contributed by atoms with Crippen LogP contribution < -0.4 is 5.32 Å². The third-order valence-electron chi connectivity index (χ3n) is 5.54. The lowest BCUT2D eigenvalue weighted by atomic mass is 9.86. The summed E-state index contributed by atoms with van der Waals surface area (Å²) in [6, 6.07) is 5.16. The van der Waals surface area contributed by atoms with Gasteiger partial charge in [0.05, 0.1) is 6.26 Å². The fraction of sp³-hybridized carbons (Fsp3) is 0.579. The third kappa shape index (κ3) is 3.54. The Morgan fingerprint density at radius 3 is 2.73 bits per heavy atom. The van der Waals surface area contributed by atoms with E-state index in [9.17, 15) is 4.79 Å². The molecule has 2 saturated heterocycles. The number of ether oxygens (including phenoxy) is 1. The Bertz CT molecular complexity index is 713. The highest BCUT2D eigenvalue weighted by Crippen LogP contribution is 2.30. The maximum Gasteiger partial charge on any atom is 0.273 e. The van der Waals surface area contributed by atoms with Crippen molar-refractivity contribution in [1.29, 1.82) is 0 Å². The minimum Gasteiger partial charge on any atom is -0.461 e. The molecule has 0 atom stereocenters. The van der Waals surface area contributed by atoms with Gasteiger partial charge in [-0.15, -0.1) is 0 Å². The first-order chi connectivity index (χ1) is 12.8. The first-order valence-corrected chi connectivity index (χ1v) is 9.38. The number of aromatic nitrogens is 1. The molecular formula is C19H25N3O4. The standard InChI is InChI=1S/C19H25N3O4/c23-18(15-13-17(26-21-15)16-5-4-10-25-16)20-14-19(6-11-24-12-7-19)22-8-2-1-3-9-22/h4-5,10,13H,1-3,6-9,11-12,14H2,(H,20,23). The molecule has 0 bridgehead atoms. The Balaban J connectivity index is 1.43. The van der Waals surface area contributed by atoms with E-state index in [4.69, 9.17) is 13.7 Å². The number of rotatable bonds is 5. The fourth-order valence-electron chi connectivity index (χ4n) is 3.98. The molecule has 7 nitrogen and oxygen atoms in total. The van der Waals surface area contributed by atoms with Crippen LogP contribution >= 0.6 is 0 Å². The topological polar surface area (TPSA) is 80.7 Å². The molecule has 2 aliphatic rings. The van der Waals surface area contributed by atoms with Crippen molar-refractivity contribution in [3.63, 3.8) is 0 Å². The van der Waals surface area contributed by atoms with Crippen molar-refractivity contribution in [2.45, 2.75) is 37.6 Å². The van der Waals surface area contributed by atoms with Gasteiger partial charge in [0.15, 0.2) is 11.5 Å². The minimum absolute atomic E-state index is 0.0120. The Labute approximate surface area is 152 Å². The van der Waals surface area contributed by atoms with Crippen LogP contribution in [0.3, 0.4) is 0 Å². The second-order valence-electron chi connectivity index (χ2n) is 7.12. The number of hydrogen-bond acceptors (Lipinski definition) is 6. The Hall–Kier alpha value is -2.12. The van der Waals surface area contributed by atoms with Crippen LogP contribution in [0.1, 0.15) is 42.6 Å². The van der Waals surface area contributed by atoms with Gasteiger partial charge in [0, 0.05) is 31.4 Å². The van der Waals surface area contributed by atoms with E-state index < -0.39 is 0 Å². The number of carbonyl (C=O) groups excluding carboxylic acids is 1. The van der Waals surface area contributed by atoms with Gasteiger partial charge < -0.3 is 19.0 Å². The van der Waals surface area contributed by atoms with Crippen LogP contribution in [0.5, 0.6) is 0 Å². The first-order valence-electron chi connectivity index (χ1n) is 9.38. The van der Waals surface area contributed by atoms with Gasteiger partial charge in [0.25, 0.3) is 5.91 Å². The van der Waals surface area contributed by atoms with Crippen molar-refractivity contribution in [2.24, 2.45) is 0 Å². The van der Waals surface area contributed by atoms with Crippen LogP contribution in [0, 0.1) is 0 Å². The summed E-state index contributed by atoms with van der Waals surface area (Å²) < 4.78 is 16.1. The molecule has 0 aliphatic carbocycles. The summed E-state index contributed by atoms with van der Waals surface area (Å²) in [5, 5.41) is 6.96. The van der Waals surface area contributed by atoms with Crippen molar-refractivity contribution in [3.8, 4) is 11.5 Å². The van der Waals surface area contributed by atoms with Gasteiger partial charge in [-0.2, -0.15) is 0 Å². The molecule has 4 rings (SSSR count). The molecule has 0 saturated carbocycles. The summed E-state index contributed by atoms with van der Waals surface area (Å²) in [6.07, 6.45) is 7.21. The van der Waals surface area contributed by atoms with E-state index >= 15 is 0 Å². The molecule has 7 heteroatoms. The van der Waals surface area contributed by atoms with E-state index in [1.807, 2.05) is 0 Å². The predicted octanol–water partition coefficient (Wildman–Crippen LogP) is 2.70. The zero-order chi connectivity index (χ0) is 17.8. The predicted molar refractivity (Wildman–Crippen MR) is 94.7 cm³/mol. The monoisotopic (exact) mass is 359 g/mol. The molecule has 2 aromatic heterocycles. The fourth-order valence-corrected chi connectivity index (χ4v) is 3.98. The zero-order valence-corrected chi connectivity index (χ0v) is 14.9. The van der Waals surface area contributed by atoms with Crippen LogP contribution in [-0.2, 0) is 4.74 Å². The maximum absolute atomic E-state index is 12.6. The number of likely N-dealkylation sites (tertiary alicyclic amines) is 1. The lowest BCUT2D eigenvalue weighted by Gasteiger charge is -2.48. The smallest absolute Gasteiger partial charge is 0.273 e. The van der Waals surface area contributed by atoms with E-state index in [-0.39, 0.29) is 17.1 Å². The first kappa shape index (κ1) is 17.3. The van der Waals surface area contributed by atoms with Crippen LogP contribution in [-0.4, -0.2) is 54.4 Å². The van der Waals surface area contributed by atoms with Gasteiger partial charge in [-0.1, -0.05) is 11.6 Å². The van der Waals surface area contributed by atoms with E-state index in [2.05, 4.69) is 15.4 Å². The van der Waals surface area contributed by atoms with Crippen molar-refractivity contribution < 1.29 is 18.5 Å². The van der Waals surface area contributed by atoms with E-state index in [1.54, 1.807) is 24.5 Å². The molecule has 2 aromatic rings. The normalized spacial score (nSPS) is 20.8. The van der Waals surface area contributed by atoms with Gasteiger partial charge in [0.1, 0.15) is 0 Å². The quantitative estimate of drug-likeness (QED) is 0.884. The van der Waals surface area contributed by atoms with Gasteiger partial charge in [0.2, 0.25) is 5.76 Å². The van der Waals surface area contributed by atoms with E-state index in [0.717, 1.165) is 39.1 Å². The highest BCUT2D eigenvalue weighted by molar-refractivity contribution is 5.93. The van der Waals surface area contributed by atoms with E-state index in [1.165, 1.54) is 19.3 Å². The highest BCUT2D eigenvalue weighted by Gasteiger charge is 2.39. The molecule has 1 amide bonds. The lowest BCUT2D eigenvalue weighted by Crippen LogP contribution is -2.59. The average Bonchev–Trinajstić information content (AvgIpc) is 3.39. The zero-order valence-electron chi connectivity index (χ0n) is 14.9. The van der Waals surface area contributed by atoms with Gasteiger partial charge in [-0.25, -0.2) is 0 Å². The number of amides is 1. The number of piperidine rings is 1. The maximum atomic E-state index is 12.6. The summed E-state index contributed by atoms with van der Waals surface area (Å²) in [7, 11) is 0. The van der Waals surface area contributed by atoms with Crippen molar-refractivity contribution in [3.05, 3.63) is 30.2 Å². The summed E-state index contributed by atoms with van der Waals surface area (Å²) in [4.78, 5) is 15.1. The van der Waals surface area contributed by atoms with E-state index in [0.29, 0.717) is 18.1 Å². The van der Waals surface area contributed by atoms with Crippen LogP contribution in [0.15, 0.2) is 33.4 Å². The minimum atomic E-state index is -0.213. The molecule has 0 spiro atoms. The molecule has 140 valence electrons. The number of furan rings is 1. The second-order valence-corrected chi connectivity index (χ2v) is 7.12. The molecule has 26 heavy (non-hydrogen) atoms. The largest absolute Gasteiger partial charge is 0.461 e. The average molecular weight is 359 g/mol. The van der Waals surface area contributed by atoms with Crippen LogP contribution in [0.25, 0.3) is 11.5 Å². The Kier molecular flexibility index (Phi) is 5.08. The lowest BCUT2D eigenvalue weighted by molar-refractivity contribution is -0.0349. The second kappa shape index (κ2) is 7.63. The number of carbonyl (C=O) groups is 1. The molecule has 2 fully saturated rings.